The van der Waals surface area contributed by atoms with Crippen LogP contribution in [0.3, 0.4) is 0 Å². The van der Waals surface area contributed by atoms with E-state index in [1.165, 1.54) is 11.9 Å². The van der Waals surface area contributed by atoms with Crippen molar-refractivity contribution in [3.8, 4) is 11.5 Å². The van der Waals surface area contributed by atoms with E-state index in [0.29, 0.717) is 22.3 Å². The number of benzene rings is 3. The second-order valence-electron chi connectivity index (χ2n) is 6.54. The molecule has 4 rings (SSSR count). The van der Waals surface area contributed by atoms with Gasteiger partial charge in [0.15, 0.2) is 11.5 Å². The lowest BCUT2D eigenvalue weighted by Crippen LogP contribution is -1.98. The lowest BCUT2D eigenvalue weighted by Gasteiger charge is -2.13. The molecule has 30 heavy (non-hydrogen) atoms. The van der Waals surface area contributed by atoms with Crippen LogP contribution < -0.4 is 14.8 Å². The summed E-state index contributed by atoms with van der Waals surface area (Å²) in [4.78, 5) is 8.72. The number of methoxy groups -OCH3 is 2. The highest BCUT2D eigenvalue weighted by Crippen LogP contribution is 2.35. The van der Waals surface area contributed by atoms with Crippen LogP contribution in [-0.4, -0.2) is 24.2 Å². The van der Waals surface area contributed by atoms with Gasteiger partial charge in [-0.2, -0.15) is 0 Å². The number of fused-ring (bicyclic) bond motifs is 1. The van der Waals surface area contributed by atoms with Crippen LogP contribution in [0, 0.1) is 0 Å². The zero-order valence-electron chi connectivity index (χ0n) is 16.6. The lowest BCUT2D eigenvalue weighted by atomic mass is 10.0. The Morgan fingerprint density at radius 3 is 2.33 bits per heavy atom. The van der Waals surface area contributed by atoms with Crippen LogP contribution in [0.25, 0.3) is 10.9 Å². The van der Waals surface area contributed by atoms with Crippen LogP contribution in [0.1, 0.15) is 11.1 Å². The van der Waals surface area contributed by atoms with E-state index in [-0.39, 0.29) is 24.0 Å². The van der Waals surface area contributed by atoms with Gasteiger partial charge in [0.2, 0.25) is 0 Å². The van der Waals surface area contributed by atoms with Crippen LogP contribution in [0.15, 0.2) is 67.0 Å². The van der Waals surface area contributed by atoms with Crippen molar-refractivity contribution in [1.82, 2.24) is 9.97 Å². The zero-order valence-corrected chi connectivity index (χ0v) is 19.6. The van der Waals surface area contributed by atoms with Gasteiger partial charge in [-0.3, -0.25) is 0 Å². The van der Waals surface area contributed by atoms with Gasteiger partial charge in [-0.15, -0.1) is 24.0 Å². The van der Waals surface area contributed by atoms with Crippen molar-refractivity contribution < 1.29 is 9.47 Å². The number of anilines is 2. The molecule has 0 bridgehead atoms. The number of nitrogens with one attached hydrogen (secondary N) is 1. The monoisotopic (exact) mass is 533 g/mol. The minimum absolute atomic E-state index is 0. The average molecular weight is 534 g/mol. The molecule has 0 aliphatic carbocycles. The summed E-state index contributed by atoms with van der Waals surface area (Å²) < 4.78 is 10.8. The topological polar surface area (TPSA) is 56.3 Å². The molecule has 154 valence electrons. The van der Waals surface area contributed by atoms with E-state index in [1.54, 1.807) is 14.2 Å². The molecule has 1 heterocycles. The van der Waals surface area contributed by atoms with E-state index >= 15 is 0 Å². The molecule has 0 radical (unpaired) electrons. The number of aromatic nitrogens is 2. The molecule has 0 saturated heterocycles. The van der Waals surface area contributed by atoms with Crippen molar-refractivity contribution in [3.63, 3.8) is 0 Å². The first-order valence-electron chi connectivity index (χ1n) is 9.14. The second-order valence-corrected chi connectivity index (χ2v) is 6.95. The Morgan fingerprint density at radius 2 is 1.63 bits per heavy atom. The summed E-state index contributed by atoms with van der Waals surface area (Å²) in [7, 11) is 3.20. The van der Waals surface area contributed by atoms with Crippen molar-refractivity contribution in [2.24, 2.45) is 0 Å². The highest BCUT2D eigenvalue weighted by atomic mass is 127. The molecular weight excluding hydrogens is 513 g/mol. The molecule has 1 aromatic heterocycles. The van der Waals surface area contributed by atoms with E-state index in [9.17, 15) is 0 Å². The van der Waals surface area contributed by atoms with Gasteiger partial charge in [-0.25, -0.2) is 9.97 Å². The molecular formula is C23H21ClIN3O2. The quantitative estimate of drug-likeness (QED) is 0.297. The van der Waals surface area contributed by atoms with Crippen LogP contribution in [0.5, 0.6) is 11.5 Å². The average Bonchev–Trinajstić information content (AvgIpc) is 2.75. The summed E-state index contributed by atoms with van der Waals surface area (Å²) in [6.45, 7) is 0. The van der Waals surface area contributed by atoms with Gasteiger partial charge in [-0.1, -0.05) is 48.0 Å². The van der Waals surface area contributed by atoms with Gasteiger partial charge < -0.3 is 14.8 Å². The summed E-state index contributed by atoms with van der Waals surface area (Å²) >= 11 is 6.54. The largest absolute Gasteiger partial charge is 0.493 e. The van der Waals surface area contributed by atoms with Crippen LogP contribution in [0.4, 0.5) is 11.5 Å². The third-order valence-corrected chi connectivity index (χ3v) is 5.05. The van der Waals surface area contributed by atoms with Crippen LogP contribution in [0.2, 0.25) is 5.02 Å². The van der Waals surface area contributed by atoms with Crippen LogP contribution in [-0.2, 0) is 6.42 Å². The third-order valence-electron chi connectivity index (χ3n) is 4.69. The lowest BCUT2D eigenvalue weighted by molar-refractivity contribution is 0.356. The Balaban J connectivity index is 0.00000256. The van der Waals surface area contributed by atoms with Crippen molar-refractivity contribution >= 4 is 58.0 Å². The maximum absolute atomic E-state index is 6.54. The van der Waals surface area contributed by atoms with Gasteiger partial charge in [0.05, 0.1) is 19.7 Å². The predicted molar refractivity (Wildman–Crippen MR) is 132 cm³/mol. The molecule has 0 unspecified atom stereocenters. The maximum Gasteiger partial charge on any atom is 0.162 e. The fourth-order valence-electron chi connectivity index (χ4n) is 3.20. The van der Waals surface area contributed by atoms with Gasteiger partial charge in [-0.05, 0) is 35.7 Å². The fourth-order valence-corrected chi connectivity index (χ4v) is 3.45. The zero-order chi connectivity index (χ0) is 20.2. The first-order valence-corrected chi connectivity index (χ1v) is 9.52. The number of rotatable bonds is 6. The Bertz CT molecular complexity index is 1160. The van der Waals surface area contributed by atoms with Crippen molar-refractivity contribution in [2.75, 3.05) is 19.5 Å². The minimum Gasteiger partial charge on any atom is -0.493 e. The second kappa shape index (κ2) is 9.95. The molecule has 0 amide bonds. The van der Waals surface area contributed by atoms with E-state index in [0.717, 1.165) is 28.6 Å². The molecule has 0 aliphatic rings. The standard InChI is InChI=1S/C23H20ClN3O2.HI/c1-28-21-12-18-20(13-22(21)29-2)25-14-26-23(18)27-17-9-8-16(19(24)11-17)10-15-6-4-3-5-7-15;/h3-9,11-14H,10H2,1-2H3,(H,25,26,27);1H. The smallest absolute Gasteiger partial charge is 0.162 e. The Labute approximate surface area is 197 Å². The summed E-state index contributed by atoms with van der Waals surface area (Å²) in [6, 6.07) is 19.9. The van der Waals surface area contributed by atoms with E-state index in [1.807, 2.05) is 48.5 Å². The molecule has 1 N–H and O–H groups in total. The number of ether oxygens (including phenoxy) is 2. The summed E-state index contributed by atoms with van der Waals surface area (Å²) in [5, 5.41) is 4.87. The molecule has 0 atom stereocenters. The Hall–Kier alpha value is -2.58. The summed E-state index contributed by atoms with van der Waals surface area (Å²) in [6.07, 6.45) is 2.30. The first kappa shape index (κ1) is 22.1. The van der Waals surface area contributed by atoms with Crippen molar-refractivity contribution in [1.29, 1.82) is 0 Å². The molecule has 7 heteroatoms. The molecule has 0 spiro atoms. The number of nitrogens with zero attached hydrogens (tertiary/aromatic N) is 2. The van der Waals surface area contributed by atoms with Crippen molar-refractivity contribution in [2.45, 2.75) is 6.42 Å². The van der Waals surface area contributed by atoms with Gasteiger partial charge in [0, 0.05) is 22.2 Å². The fraction of sp³-hybridized carbons (Fsp3) is 0.130. The first-order chi connectivity index (χ1) is 14.2. The summed E-state index contributed by atoms with van der Waals surface area (Å²) in [5.41, 5.74) is 3.90. The normalized spacial score (nSPS) is 10.4. The number of halogens is 2. The minimum atomic E-state index is 0. The van der Waals surface area contributed by atoms with Crippen LogP contribution >= 0.6 is 35.6 Å². The molecule has 5 nitrogen and oxygen atoms in total. The predicted octanol–water partition coefficient (Wildman–Crippen LogP) is 6.25. The molecule has 3 aromatic carbocycles. The molecule has 0 fully saturated rings. The molecule has 0 aliphatic heterocycles. The van der Waals surface area contributed by atoms with Crippen molar-refractivity contribution in [3.05, 3.63) is 83.1 Å². The molecule has 4 aromatic rings. The van der Waals surface area contributed by atoms with E-state index < -0.39 is 0 Å². The Kier molecular flexibility index (Phi) is 7.33. The number of hydrogen-bond donors (Lipinski definition) is 1. The van der Waals surface area contributed by atoms with E-state index in [2.05, 4.69) is 27.4 Å². The maximum atomic E-state index is 6.54. The SMILES string of the molecule is COc1cc2ncnc(Nc3ccc(Cc4ccccc4)c(Cl)c3)c2cc1OC.I. The number of hydrogen-bond acceptors (Lipinski definition) is 5. The van der Waals surface area contributed by atoms with Gasteiger partial charge in [0.1, 0.15) is 12.1 Å². The molecule has 0 saturated carbocycles. The van der Waals surface area contributed by atoms with Gasteiger partial charge >= 0.3 is 0 Å². The van der Waals surface area contributed by atoms with E-state index in [4.69, 9.17) is 21.1 Å². The highest BCUT2D eigenvalue weighted by Gasteiger charge is 2.12. The highest BCUT2D eigenvalue weighted by molar-refractivity contribution is 14.0. The summed E-state index contributed by atoms with van der Waals surface area (Å²) in [5.74, 6) is 1.91. The van der Waals surface area contributed by atoms with Gasteiger partial charge in [0.25, 0.3) is 0 Å². The third kappa shape index (κ3) is 4.76. The Morgan fingerprint density at radius 1 is 0.900 bits per heavy atom.